The average molecular weight is 363 g/mol. The molecule has 26 heavy (non-hydrogen) atoms. The molecule has 2 N–H and O–H groups in total. The first-order chi connectivity index (χ1) is 11.9. The van der Waals surface area contributed by atoms with Gasteiger partial charge in [-0.3, -0.25) is 14.5 Å². The number of aliphatic carboxylic acids is 1. The van der Waals surface area contributed by atoms with E-state index >= 15 is 0 Å². The Kier molecular flexibility index (Phi) is 7.82. The van der Waals surface area contributed by atoms with E-state index in [1.54, 1.807) is 4.90 Å². The number of carboxylic acids is 1. The Bertz CT molecular complexity index is 622. The number of hydrogen-bond acceptors (Lipinski definition) is 3. The maximum Gasteiger partial charge on any atom is 0.317 e. The molecule has 1 amide bonds. The van der Waals surface area contributed by atoms with E-state index in [0.717, 1.165) is 6.42 Å². The zero-order chi connectivity index (χ0) is 20.1. The Hall–Kier alpha value is -1.88. The molecule has 0 bridgehead atoms. The molecule has 1 rings (SSSR count). The second-order valence-electron chi connectivity index (χ2n) is 8.33. The molecule has 0 aliphatic heterocycles. The fourth-order valence-corrected chi connectivity index (χ4v) is 2.98. The van der Waals surface area contributed by atoms with Crippen molar-refractivity contribution in [3.05, 3.63) is 34.4 Å². The minimum atomic E-state index is -0.920. The first kappa shape index (κ1) is 22.2. The van der Waals surface area contributed by atoms with E-state index < -0.39 is 5.97 Å². The van der Waals surface area contributed by atoms with Crippen LogP contribution in [-0.2, 0) is 21.4 Å². The van der Waals surface area contributed by atoms with E-state index in [9.17, 15) is 9.59 Å². The van der Waals surface area contributed by atoms with Gasteiger partial charge in [0, 0.05) is 12.6 Å². The molecule has 0 unspecified atom stereocenters. The largest absolute Gasteiger partial charge is 0.480 e. The number of hydrogen-bond donors (Lipinski definition) is 2. The van der Waals surface area contributed by atoms with Crippen molar-refractivity contribution in [2.75, 3.05) is 19.6 Å². The van der Waals surface area contributed by atoms with Crippen LogP contribution in [0.5, 0.6) is 0 Å². The third-order valence-corrected chi connectivity index (χ3v) is 4.67. The quantitative estimate of drug-likeness (QED) is 0.746. The van der Waals surface area contributed by atoms with Gasteiger partial charge in [-0.05, 0) is 61.8 Å². The number of aryl methyl sites for hydroxylation is 2. The third kappa shape index (κ3) is 6.79. The molecule has 1 aromatic carbocycles. The summed E-state index contributed by atoms with van der Waals surface area (Å²) >= 11 is 0. The zero-order valence-corrected chi connectivity index (χ0v) is 17.3. The number of amides is 1. The van der Waals surface area contributed by atoms with Gasteiger partial charge in [0.15, 0.2) is 0 Å². The average Bonchev–Trinajstić information content (AvgIpc) is 2.47. The minimum Gasteiger partial charge on any atom is -0.480 e. The maximum atomic E-state index is 12.1. The molecule has 0 atom stereocenters. The topological polar surface area (TPSA) is 69.6 Å². The highest BCUT2D eigenvalue weighted by Crippen LogP contribution is 2.27. The van der Waals surface area contributed by atoms with Gasteiger partial charge in [0.05, 0.1) is 13.1 Å². The minimum absolute atomic E-state index is 0.00582. The molecule has 5 nitrogen and oxygen atoms in total. The summed E-state index contributed by atoms with van der Waals surface area (Å²) in [6, 6.07) is 4.47. The summed E-state index contributed by atoms with van der Waals surface area (Å²) in [5.74, 6) is -1.06. The molecule has 0 radical (unpaired) electrons. The Morgan fingerprint density at radius 2 is 1.65 bits per heavy atom. The SMILES string of the molecule is Cc1cc(C(C)(C)C)cc(C)c1CCNC(=O)CN(CC(=O)O)C(C)C. The van der Waals surface area contributed by atoms with Gasteiger partial charge in [0.1, 0.15) is 0 Å². The first-order valence-corrected chi connectivity index (χ1v) is 9.25. The number of nitrogens with one attached hydrogen (secondary N) is 1. The van der Waals surface area contributed by atoms with Crippen LogP contribution in [0.3, 0.4) is 0 Å². The number of carboxylic acid groups (broad SMARTS) is 1. The maximum absolute atomic E-state index is 12.1. The Morgan fingerprint density at radius 1 is 1.12 bits per heavy atom. The number of carbonyl (C=O) groups excluding carboxylic acids is 1. The number of rotatable bonds is 8. The van der Waals surface area contributed by atoms with E-state index in [0.29, 0.717) is 6.54 Å². The van der Waals surface area contributed by atoms with Crippen molar-refractivity contribution in [2.45, 2.75) is 66.3 Å². The number of carbonyl (C=O) groups is 2. The summed E-state index contributed by atoms with van der Waals surface area (Å²) in [5.41, 5.74) is 5.20. The fraction of sp³-hybridized carbons (Fsp3) is 0.619. The number of benzene rings is 1. The van der Waals surface area contributed by atoms with Crippen LogP contribution in [-0.4, -0.2) is 47.6 Å². The monoisotopic (exact) mass is 362 g/mol. The Labute approximate surface area is 157 Å². The lowest BCUT2D eigenvalue weighted by atomic mass is 9.83. The second kappa shape index (κ2) is 9.17. The van der Waals surface area contributed by atoms with Crippen LogP contribution >= 0.6 is 0 Å². The molecule has 0 fully saturated rings. The lowest BCUT2D eigenvalue weighted by molar-refractivity contribution is -0.139. The van der Waals surface area contributed by atoms with Crippen molar-refractivity contribution in [1.82, 2.24) is 10.2 Å². The smallest absolute Gasteiger partial charge is 0.317 e. The van der Waals surface area contributed by atoms with Crippen LogP contribution in [0, 0.1) is 13.8 Å². The van der Waals surface area contributed by atoms with Gasteiger partial charge in [-0.15, -0.1) is 0 Å². The van der Waals surface area contributed by atoms with Crippen LogP contribution < -0.4 is 5.32 Å². The molecule has 0 aliphatic rings. The highest BCUT2D eigenvalue weighted by Gasteiger charge is 2.18. The summed E-state index contributed by atoms with van der Waals surface area (Å²) in [7, 11) is 0. The molecular weight excluding hydrogens is 328 g/mol. The molecule has 1 aromatic rings. The molecule has 146 valence electrons. The first-order valence-electron chi connectivity index (χ1n) is 9.25. The zero-order valence-electron chi connectivity index (χ0n) is 17.3. The molecule has 0 saturated heterocycles. The van der Waals surface area contributed by atoms with Gasteiger partial charge in [-0.2, -0.15) is 0 Å². The Morgan fingerprint density at radius 3 is 2.08 bits per heavy atom. The highest BCUT2D eigenvalue weighted by molar-refractivity contribution is 5.79. The molecule has 5 heteroatoms. The molecule has 0 aromatic heterocycles. The van der Waals surface area contributed by atoms with E-state index in [4.69, 9.17) is 5.11 Å². The van der Waals surface area contributed by atoms with E-state index in [1.807, 2.05) is 13.8 Å². The molecule has 0 spiro atoms. The van der Waals surface area contributed by atoms with E-state index in [2.05, 4.69) is 52.1 Å². The second-order valence-corrected chi connectivity index (χ2v) is 8.33. The summed E-state index contributed by atoms with van der Waals surface area (Å²) in [5, 5.41) is 11.9. The van der Waals surface area contributed by atoms with Crippen LogP contribution in [0.15, 0.2) is 12.1 Å². The van der Waals surface area contributed by atoms with Crippen molar-refractivity contribution < 1.29 is 14.7 Å². The van der Waals surface area contributed by atoms with Gasteiger partial charge in [0.25, 0.3) is 0 Å². The summed E-state index contributed by atoms with van der Waals surface area (Å²) in [6.45, 7) is 15.2. The normalized spacial score (nSPS) is 11.9. The van der Waals surface area contributed by atoms with Gasteiger partial charge in [0.2, 0.25) is 5.91 Å². The van der Waals surface area contributed by atoms with Crippen LogP contribution in [0.2, 0.25) is 0 Å². The standard InChI is InChI=1S/C21H34N2O3/c1-14(2)23(13-20(25)26)12-19(24)22-9-8-18-15(3)10-17(11-16(18)4)21(5,6)7/h10-11,14H,8-9,12-13H2,1-7H3,(H,22,24)(H,25,26). The highest BCUT2D eigenvalue weighted by atomic mass is 16.4. The summed E-state index contributed by atoms with van der Waals surface area (Å²) < 4.78 is 0. The van der Waals surface area contributed by atoms with Crippen molar-refractivity contribution in [3.8, 4) is 0 Å². The predicted octanol–water partition coefficient (Wildman–Crippen LogP) is 3.05. The third-order valence-electron chi connectivity index (χ3n) is 4.67. The molecule has 0 heterocycles. The van der Waals surface area contributed by atoms with E-state index in [1.165, 1.54) is 22.3 Å². The van der Waals surface area contributed by atoms with Crippen molar-refractivity contribution in [3.63, 3.8) is 0 Å². The molecular formula is C21H34N2O3. The van der Waals surface area contributed by atoms with Crippen molar-refractivity contribution in [1.29, 1.82) is 0 Å². The predicted molar refractivity (Wildman–Crippen MR) is 106 cm³/mol. The summed E-state index contributed by atoms with van der Waals surface area (Å²) in [4.78, 5) is 24.7. The van der Waals surface area contributed by atoms with Gasteiger partial charge in [-0.1, -0.05) is 32.9 Å². The Balaban J connectivity index is 2.65. The van der Waals surface area contributed by atoms with Crippen LogP contribution in [0.25, 0.3) is 0 Å². The van der Waals surface area contributed by atoms with Crippen LogP contribution in [0.1, 0.15) is 56.9 Å². The lowest BCUT2D eigenvalue weighted by Crippen LogP contribution is -2.43. The fourth-order valence-electron chi connectivity index (χ4n) is 2.98. The van der Waals surface area contributed by atoms with Crippen LogP contribution in [0.4, 0.5) is 0 Å². The summed E-state index contributed by atoms with van der Waals surface area (Å²) in [6.07, 6.45) is 0.772. The molecule has 0 saturated carbocycles. The number of nitrogens with zero attached hydrogens (tertiary/aromatic N) is 1. The lowest BCUT2D eigenvalue weighted by Gasteiger charge is -2.24. The van der Waals surface area contributed by atoms with Gasteiger partial charge >= 0.3 is 5.97 Å². The van der Waals surface area contributed by atoms with E-state index in [-0.39, 0.29) is 30.5 Å². The van der Waals surface area contributed by atoms with Crippen molar-refractivity contribution >= 4 is 11.9 Å². The van der Waals surface area contributed by atoms with Crippen molar-refractivity contribution in [2.24, 2.45) is 0 Å². The van der Waals surface area contributed by atoms with Gasteiger partial charge < -0.3 is 10.4 Å². The molecule has 0 aliphatic carbocycles. The van der Waals surface area contributed by atoms with Gasteiger partial charge in [-0.25, -0.2) is 0 Å².